The lowest BCUT2D eigenvalue weighted by atomic mass is 9.99. The van der Waals surface area contributed by atoms with Gasteiger partial charge in [-0.2, -0.15) is 4.98 Å². The zero-order valence-corrected chi connectivity index (χ0v) is 12.9. The summed E-state index contributed by atoms with van der Waals surface area (Å²) in [5, 5.41) is 8.09. The molecule has 0 radical (unpaired) electrons. The molecule has 0 amide bonds. The third kappa shape index (κ3) is 3.04. The molecule has 0 bridgehead atoms. The maximum Gasteiger partial charge on any atom is 0.245 e. The Morgan fingerprint density at radius 2 is 2.33 bits per heavy atom. The van der Waals surface area contributed by atoms with E-state index in [0.29, 0.717) is 10.9 Å². The third-order valence-corrected chi connectivity index (χ3v) is 4.30. The van der Waals surface area contributed by atoms with Crippen LogP contribution in [0.25, 0.3) is 11.4 Å². The van der Waals surface area contributed by atoms with E-state index in [2.05, 4.69) is 20.1 Å². The van der Waals surface area contributed by atoms with Gasteiger partial charge in [0.15, 0.2) is 5.82 Å². The normalized spacial score (nSPS) is 19.0. The SMILES string of the molecule is Cc1ccc(Cl)cc1-c1nc(N2CCCC(CN)C2)n[nH]1. The second-order valence-electron chi connectivity index (χ2n) is 5.63. The maximum absolute atomic E-state index is 6.07. The average molecular weight is 306 g/mol. The number of anilines is 1. The van der Waals surface area contributed by atoms with Crippen molar-refractivity contribution < 1.29 is 0 Å². The minimum atomic E-state index is 0.536. The number of nitrogens with one attached hydrogen (secondary N) is 1. The Bertz CT molecular complexity index is 624. The highest BCUT2D eigenvalue weighted by Crippen LogP contribution is 2.26. The van der Waals surface area contributed by atoms with Crippen LogP contribution in [0.15, 0.2) is 18.2 Å². The summed E-state index contributed by atoms with van der Waals surface area (Å²) in [5.74, 6) is 2.05. The fourth-order valence-corrected chi connectivity index (χ4v) is 2.98. The van der Waals surface area contributed by atoms with Gasteiger partial charge < -0.3 is 10.6 Å². The van der Waals surface area contributed by atoms with Crippen LogP contribution in [-0.2, 0) is 0 Å². The lowest BCUT2D eigenvalue weighted by molar-refractivity contribution is 0.420. The van der Waals surface area contributed by atoms with Gasteiger partial charge in [0.05, 0.1) is 0 Å². The highest BCUT2D eigenvalue weighted by atomic mass is 35.5. The molecule has 1 saturated heterocycles. The molecule has 5 nitrogen and oxygen atoms in total. The van der Waals surface area contributed by atoms with Crippen LogP contribution in [0, 0.1) is 12.8 Å². The minimum absolute atomic E-state index is 0.536. The molecule has 112 valence electrons. The van der Waals surface area contributed by atoms with E-state index in [-0.39, 0.29) is 0 Å². The Labute approximate surface area is 129 Å². The summed E-state index contributed by atoms with van der Waals surface area (Å²) in [4.78, 5) is 6.84. The highest BCUT2D eigenvalue weighted by molar-refractivity contribution is 6.30. The first-order valence-electron chi connectivity index (χ1n) is 7.31. The summed E-state index contributed by atoms with van der Waals surface area (Å²) in [7, 11) is 0. The van der Waals surface area contributed by atoms with Crippen LogP contribution in [0.4, 0.5) is 5.95 Å². The number of H-pyrrole nitrogens is 1. The summed E-state index contributed by atoms with van der Waals surface area (Å²) in [6, 6.07) is 5.79. The molecule has 1 fully saturated rings. The molecule has 1 aliphatic rings. The molecule has 1 unspecified atom stereocenters. The van der Waals surface area contributed by atoms with Crippen molar-refractivity contribution in [2.45, 2.75) is 19.8 Å². The Kier molecular flexibility index (Phi) is 4.12. The van der Waals surface area contributed by atoms with Crippen molar-refractivity contribution in [1.82, 2.24) is 15.2 Å². The molecule has 21 heavy (non-hydrogen) atoms. The standard InChI is InChI=1S/C15H20ClN5/c1-10-4-5-12(16)7-13(10)14-18-15(20-19-14)21-6-2-3-11(8-17)9-21/h4-5,7,11H,2-3,6,8-9,17H2,1H3,(H,18,19,20). The van der Waals surface area contributed by atoms with Gasteiger partial charge in [-0.3, -0.25) is 5.10 Å². The molecule has 3 rings (SSSR count). The van der Waals surface area contributed by atoms with E-state index in [1.807, 2.05) is 25.1 Å². The highest BCUT2D eigenvalue weighted by Gasteiger charge is 2.22. The summed E-state index contributed by atoms with van der Waals surface area (Å²) in [6.45, 7) is 4.69. The van der Waals surface area contributed by atoms with Crippen LogP contribution < -0.4 is 10.6 Å². The number of benzene rings is 1. The van der Waals surface area contributed by atoms with Crippen LogP contribution in [-0.4, -0.2) is 34.8 Å². The molecule has 2 heterocycles. The lowest BCUT2D eigenvalue weighted by Crippen LogP contribution is -2.38. The quantitative estimate of drug-likeness (QED) is 0.914. The zero-order valence-electron chi connectivity index (χ0n) is 12.1. The molecule has 0 aliphatic carbocycles. The molecule has 1 atom stereocenters. The van der Waals surface area contributed by atoms with E-state index in [1.54, 1.807) is 0 Å². The van der Waals surface area contributed by atoms with E-state index >= 15 is 0 Å². The third-order valence-electron chi connectivity index (χ3n) is 4.06. The van der Waals surface area contributed by atoms with Crippen LogP contribution in [0.5, 0.6) is 0 Å². The molecule has 0 saturated carbocycles. The van der Waals surface area contributed by atoms with Crippen LogP contribution in [0.2, 0.25) is 5.02 Å². The topological polar surface area (TPSA) is 70.8 Å². The molecule has 6 heteroatoms. The van der Waals surface area contributed by atoms with Crippen molar-refractivity contribution in [3.8, 4) is 11.4 Å². The summed E-state index contributed by atoms with van der Waals surface area (Å²) < 4.78 is 0. The number of halogens is 1. The smallest absolute Gasteiger partial charge is 0.245 e. The average Bonchev–Trinajstić information content (AvgIpc) is 2.99. The van der Waals surface area contributed by atoms with Crippen molar-refractivity contribution in [3.63, 3.8) is 0 Å². The fourth-order valence-electron chi connectivity index (χ4n) is 2.80. The summed E-state index contributed by atoms with van der Waals surface area (Å²) in [5.41, 5.74) is 7.91. The first kappa shape index (κ1) is 14.4. The van der Waals surface area contributed by atoms with Gasteiger partial charge in [-0.25, -0.2) is 0 Å². The first-order chi connectivity index (χ1) is 10.2. The van der Waals surface area contributed by atoms with Gasteiger partial charge in [0.1, 0.15) is 0 Å². The number of aromatic nitrogens is 3. The van der Waals surface area contributed by atoms with Crippen molar-refractivity contribution in [2.75, 3.05) is 24.5 Å². The number of piperidine rings is 1. The van der Waals surface area contributed by atoms with Crippen LogP contribution >= 0.6 is 11.6 Å². The van der Waals surface area contributed by atoms with E-state index in [0.717, 1.165) is 49.0 Å². The van der Waals surface area contributed by atoms with Gasteiger partial charge in [0.2, 0.25) is 5.95 Å². The largest absolute Gasteiger partial charge is 0.339 e. The maximum atomic E-state index is 6.07. The van der Waals surface area contributed by atoms with Gasteiger partial charge in [-0.15, -0.1) is 5.10 Å². The number of aromatic amines is 1. The fraction of sp³-hybridized carbons (Fsp3) is 0.467. The van der Waals surface area contributed by atoms with E-state index in [9.17, 15) is 0 Å². The summed E-state index contributed by atoms with van der Waals surface area (Å²) >= 11 is 6.07. The number of hydrogen-bond acceptors (Lipinski definition) is 4. The monoisotopic (exact) mass is 305 g/mol. The molecular formula is C15H20ClN5. The number of hydrogen-bond donors (Lipinski definition) is 2. The Hall–Kier alpha value is -1.59. The summed E-state index contributed by atoms with van der Waals surface area (Å²) in [6.07, 6.45) is 2.33. The van der Waals surface area contributed by atoms with Crippen molar-refractivity contribution in [1.29, 1.82) is 0 Å². The minimum Gasteiger partial charge on any atom is -0.339 e. The molecule has 1 aliphatic heterocycles. The van der Waals surface area contributed by atoms with Gasteiger partial charge in [-0.1, -0.05) is 17.7 Å². The van der Waals surface area contributed by atoms with Gasteiger partial charge in [0, 0.05) is 23.7 Å². The number of nitrogens with zero attached hydrogens (tertiary/aromatic N) is 3. The zero-order chi connectivity index (χ0) is 14.8. The second-order valence-corrected chi connectivity index (χ2v) is 6.07. The predicted octanol–water partition coefficient (Wildman–Crippen LogP) is 2.61. The molecule has 1 aromatic heterocycles. The lowest BCUT2D eigenvalue weighted by Gasteiger charge is -2.31. The molecule has 2 aromatic rings. The van der Waals surface area contributed by atoms with E-state index < -0.39 is 0 Å². The van der Waals surface area contributed by atoms with E-state index in [4.69, 9.17) is 17.3 Å². The Balaban J connectivity index is 1.84. The Morgan fingerprint density at radius 1 is 1.48 bits per heavy atom. The van der Waals surface area contributed by atoms with Crippen LogP contribution in [0.1, 0.15) is 18.4 Å². The number of aryl methyl sites for hydroxylation is 1. The predicted molar refractivity (Wildman–Crippen MR) is 85.6 cm³/mol. The van der Waals surface area contributed by atoms with Crippen molar-refractivity contribution in [2.24, 2.45) is 11.7 Å². The van der Waals surface area contributed by atoms with E-state index in [1.165, 1.54) is 6.42 Å². The molecule has 1 aromatic carbocycles. The van der Waals surface area contributed by atoms with Gasteiger partial charge >= 0.3 is 0 Å². The number of nitrogens with two attached hydrogens (primary N) is 1. The second kappa shape index (κ2) is 6.03. The Morgan fingerprint density at radius 3 is 3.14 bits per heavy atom. The first-order valence-corrected chi connectivity index (χ1v) is 7.69. The number of rotatable bonds is 3. The van der Waals surface area contributed by atoms with Gasteiger partial charge in [-0.05, 0) is 49.9 Å². The molecule has 3 N–H and O–H groups in total. The molecule has 0 spiro atoms. The van der Waals surface area contributed by atoms with Gasteiger partial charge in [0.25, 0.3) is 0 Å². The van der Waals surface area contributed by atoms with Crippen molar-refractivity contribution in [3.05, 3.63) is 28.8 Å². The molecular weight excluding hydrogens is 286 g/mol. The van der Waals surface area contributed by atoms with Crippen molar-refractivity contribution >= 4 is 17.5 Å². The van der Waals surface area contributed by atoms with Crippen LogP contribution in [0.3, 0.4) is 0 Å².